The van der Waals surface area contributed by atoms with Crippen LogP contribution < -0.4 is 19.1 Å². The summed E-state index contributed by atoms with van der Waals surface area (Å²) < 4.78 is 38.4. The number of sulfonamides is 1. The van der Waals surface area contributed by atoms with Crippen LogP contribution in [-0.4, -0.2) is 27.7 Å². The minimum absolute atomic E-state index is 0.0364. The fraction of sp³-hybridized carbons (Fsp3) is 0.136. The lowest BCUT2D eigenvalue weighted by Gasteiger charge is -2.24. The molecule has 0 fully saturated rings. The molecule has 0 saturated carbocycles. The fourth-order valence-electron chi connectivity index (χ4n) is 3.14. The number of halogens is 1. The van der Waals surface area contributed by atoms with E-state index in [9.17, 15) is 13.2 Å². The monoisotopic (exact) mass is 458 g/mol. The quantitative estimate of drug-likeness (QED) is 0.598. The number of fused-ring (bicyclic) bond motifs is 1. The number of nitrogens with zero attached hydrogens (tertiary/aromatic N) is 1. The van der Waals surface area contributed by atoms with E-state index in [4.69, 9.17) is 21.1 Å². The number of hydrogen-bond donors (Lipinski definition) is 1. The van der Waals surface area contributed by atoms with Crippen LogP contribution in [-0.2, 0) is 14.8 Å². The molecule has 3 aromatic carbocycles. The Bertz CT molecular complexity index is 1230. The second-order valence-electron chi connectivity index (χ2n) is 6.92. The number of hydrogen-bond acceptors (Lipinski definition) is 5. The number of anilines is 2. The summed E-state index contributed by atoms with van der Waals surface area (Å²) in [6.45, 7) is 1.55. The van der Waals surface area contributed by atoms with Crippen LogP contribution in [0.3, 0.4) is 0 Å². The Morgan fingerprint density at radius 3 is 2.52 bits per heavy atom. The van der Waals surface area contributed by atoms with Crippen molar-refractivity contribution < 1.29 is 22.7 Å². The first-order chi connectivity index (χ1) is 14.8. The molecule has 0 aromatic heterocycles. The van der Waals surface area contributed by atoms with E-state index < -0.39 is 22.5 Å². The van der Waals surface area contributed by atoms with E-state index in [1.165, 1.54) is 24.3 Å². The van der Waals surface area contributed by atoms with Gasteiger partial charge in [0.2, 0.25) is 12.7 Å². The van der Waals surface area contributed by atoms with Crippen molar-refractivity contribution >= 4 is 38.9 Å². The number of amides is 1. The summed E-state index contributed by atoms with van der Waals surface area (Å²) in [6.07, 6.45) is 0. The molecule has 0 saturated heterocycles. The molecule has 9 heteroatoms. The van der Waals surface area contributed by atoms with E-state index in [0.29, 0.717) is 27.9 Å². The zero-order chi connectivity index (χ0) is 22.0. The van der Waals surface area contributed by atoms with Gasteiger partial charge in [0.05, 0.1) is 10.6 Å². The van der Waals surface area contributed by atoms with E-state index in [1.54, 1.807) is 36.4 Å². The number of rotatable bonds is 6. The predicted molar refractivity (Wildman–Crippen MR) is 118 cm³/mol. The van der Waals surface area contributed by atoms with Gasteiger partial charge in [-0.1, -0.05) is 23.7 Å². The zero-order valence-electron chi connectivity index (χ0n) is 16.5. The molecule has 1 heterocycles. The van der Waals surface area contributed by atoms with Gasteiger partial charge in [-0.05, 0) is 61.0 Å². The Morgan fingerprint density at radius 2 is 1.77 bits per heavy atom. The summed E-state index contributed by atoms with van der Waals surface area (Å²) in [5, 5.41) is 3.14. The van der Waals surface area contributed by atoms with Crippen LogP contribution in [0.4, 0.5) is 11.4 Å². The van der Waals surface area contributed by atoms with Gasteiger partial charge in [0.1, 0.15) is 6.54 Å². The lowest BCUT2D eigenvalue weighted by Crippen LogP contribution is -2.38. The van der Waals surface area contributed by atoms with Gasteiger partial charge in [0.25, 0.3) is 10.0 Å². The van der Waals surface area contributed by atoms with Crippen LogP contribution in [0, 0.1) is 6.92 Å². The van der Waals surface area contributed by atoms with Crippen LogP contribution in [0.5, 0.6) is 11.5 Å². The molecule has 31 heavy (non-hydrogen) atoms. The van der Waals surface area contributed by atoms with Crippen molar-refractivity contribution in [1.82, 2.24) is 0 Å². The van der Waals surface area contributed by atoms with Crippen molar-refractivity contribution in [3.63, 3.8) is 0 Å². The van der Waals surface area contributed by atoms with Gasteiger partial charge in [-0.15, -0.1) is 0 Å². The Labute approximate surface area is 185 Å². The van der Waals surface area contributed by atoms with Crippen molar-refractivity contribution in [2.75, 3.05) is 23.0 Å². The van der Waals surface area contributed by atoms with Crippen molar-refractivity contribution in [2.45, 2.75) is 11.8 Å². The normalized spacial score (nSPS) is 12.5. The summed E-state index contributed by atoms with van der Waals surface area (Å²) in [5.74, 6) is 0.602. The molecule has 0 spiro atoms. The molecule has 0 aliphatic carbocycles. The Morgan fingerprint density at radius 1 is 1.03 bits per heavy atom. The minimum atomic E-state index is -4.02. The second-order valence-corrected chi connectivity index (χ2v) is 9.22. The van der Waals surface area contributed by atoms with Gasteiger partial charge < -0.3 is 14.8 Å². The Hall–Kier alpha value is -3.23. The SMILES string of the molecule is Cc1cccc(N(CC(=O)Nc2ccc3c(c2)OCO3)S(=O)(=O)c2ccc(Cl)cc2)c1. The number of ether oxygens (including phenoxy) is 2. The third-order valence-corrected chi connectivity index (χ3v) is 6.67. The number of benzene rings is 3. The van der Waals surface area contributed by atoms with Gasteiger partial charge in [-0.2, -0.15) is 0 Å². The maximum atomic E-state index is 13.4. The van der Waals surface area contributed by atoms with Crippen LogP contribution in [0.15, 0.2) is 71.6 Å². The van der Waals surface area contributed by atoms with E-state index >= 15 is 0 Å². The second kappa shape index (κ2) is 8.49. The summed E-state index contributed by atoms with van der Waals surface area (Å²) in [7, 11) is -4.02. The van der Waals surface area contributed by atoms with Crippen molar-refractivity contribution in [2.24, 2.45) is 0 Å². The van der Waals surface area contributed by atoms with Crippen LogP contribution >= 0.6 is 11.6 Å². The highest BCUT2D eigenvalue weighted by Gasteiger charge is 2.27. The highest BCUT2D eigenvalue weighted by atomic mass is 35.5. The highest BCUT2D eigenvalue weighted by Crippen LogP contribution is 2.34. The van der Waals surface area contributed by atoms with Gasteiger partial charge in [-0.3, -0.25) is 9.10 Å². The van der Waals surface area contributed by atoms with Gasteiger partial charge >= 0.3 is 0 Å². The summed E-state index contributed by atoms with van der Waals surface area (Å²) in [4.78, 5) is 12.8. The first-order valence-corrected chi connectivity index (χ1v) is 11.2. The van der Waals surface area contributed by atoms with Crippen LogP contribution in [0.2, 0.25) is 5.02 Å². The lowest BCUT2D eigenvalue weighted by molar-refractivity contribution is -0.114. The molecule has 4 rings (SSSR count). The maximum absolute atomic E-state index is 13.4. The lowest BCUT2D eigenvalue weighted by atomic mass is 10.2. The molecule has 0 bridgehead atoms. The smallest absolute Gasteiger partial charge is 0.264 e. The third kappa shape index (κ3) is 4.60. The van der Waals surface area contributed by atoms with E-state index in [2.05, 4.69) is 5.32 Å². The molecular formula is C22H19ClN2O5S. The molecule has 7 nitrogen and oxygen atoms in total. The number of aryl methyl sites for hydroxylation is 1. The standard InChI is InChI=1S/C22H19ClN2O5S/c1-15-3-2-4-18(11-15)25(31(27,28)19-8-5-16(23)6-9-19)13-22(26)24-17-7-10-20-21(12-17)30-14-29-20/h2-12H,13-14H2,1H3,(H,24,26). The average Bonchev–Trinajstić information content (AvgIpc) is 3.20. The maximum Gasteiger partial charge on any atom is 0.264 e. The first-order valence-electron chi connectivity index (χ1n) is 9.37. The van der Waals surface area contributed by atoms with Gasteiger partial charge in [-0.25, -0.2) is 8.42 Å². The third-order valence-electron chi connectivity index (χ3n) is 4.63. The number of carbonyl (C=O) groups excluding carboxylic acids is 1. The molecule has 3 aromatic rings. The zero-order valence-corrected chi connectivity index (χ0v) is 18.1. The highest BCUT2D eigenvalue weighted by molar-refractivity contribution is 7.92. The average molecular weight is 459 g/mol. The fourth-order valence-corrected chi connectivity index (χ4v) is 4.68. The molecule has 1 amide bonds. The van der Waals surface area contributed by atoms with Gasteiger partial charge in [0, 0.05) is 16.8 Å². The minimum Gasteiger partial charge on any atom is -0.454 e. The molecule has 0 unspecified atom stereocenters. The summed E-state index contributed by atoms with van der Waals surface area (Å²) >= 11 is 5.90. The molecule has 1 aliphatic rings. The molecule has 0 radical (unpaired) electrons. The number of nitrogens with one attached hydrogen (secondary N) is 1. The van der Waals surface area contributed by atoms with Crippen molar-refractivity contribution in [3.05, 3.63) is 77.3 Å². The predicted octanol–water partition coefficient (Wildman–Crippen LogP) is 4.21. The Kier molecular flexibility index (Phi) is 5.75. The molecule has 0 atom stereocenters. The number of carbonyl (C=O) groups is 1. The molecular weight excluding hydrogens is 440 g/mol. The van der Waals surface area contributed by atoms with E-state index in [0.717, 1.165) is 9.87 Å². The van der Waals surface area contributed by atoms with Crippen LogP contribution in [0.1, 0.15) is 5.56 Å². The summed E-state index contributed by atoms with van der Waals surface area (Å²) in [5.41, 5.74) is 1.73. The van der Waals surface area contributed by atoms with Crippen molar-refractivity contribution in [1.29, 1.82) is 0 Å². The molecule has 1 aliphatic heterocycles. The van der Waals surface area contributed by atoms with E-state index in [1.807, 2.05) is 13.0 Å². The topological polar surface area (TPSA) is 84.9 Å². The molecule has 1 N–H and O–H groups in total. The Balaban J connectivity index is 1.63. The largest absolute Gasteiger partial charge is 0.454 e. The summed E-state index contributed by atoms with van der Waals surface area (Å²) in [6, 6.07) is 17.7. The van der Waals surface area contributed by atoms with Crippen molar-refractivity contribution in [3.8, 4) is 11.5 Å². The van der Waals surface area contributed by atoms with Crippen LogP contribution in [0.25, 0.3) is 0 Å². The molecule has 160 valence electrons. The van der Waals surface area contributed by atoms with E-state index in [-0.39, 0.29) is 11.7 Å². The van der Waals surface area contributed by atoms with Gasteiger partial charge in [0.15, 0.2) is 11.5 Å². The first kappa shape index (κ1) is 21.0.